The Morgan fingerprint density at radius 2 is 1.90 bits per heavy atom. The van der Waals surface area contributed by atoms with Crippen LogP contribution < -0.4 is 10.1 Å². The lowest BCUT2D eigenvalue weighted by Crippen LogP contribution is -2.13. The second kappa shape index (κ2) is 7.80. The van der Waals surface area contributed by atoms with Crippen LogP contribution in [0.5, 0.6) is 5.75 Å². The zero-order valence-electron chi connectivity index (χ0n) is 15.5. The number of hydrogen-bond donors (Lipinski definition) is 1. The molecular weight excluding hydrogens is 395 g/mol. The number of ether oxygens (including phenoxy) is 1. The van der Waals surface area contributed by atoms with Crippen LogP contribution in [0, 0.1) is 12.7 Å². The molecule has 1 amide bonds. The van der Waals surface area contributed by atoms with E-state index in [0.717, 1.165) is 11.3 Å². The van der Waals surface area contributed by atoms with Crippen LogP contribution in [0.4, 0.5) is 9.52 Å². The topological polar surface area (TPSA) is 90.1 Å². The molecule has 0 atom stereocenters. The molecule has 0 saturated heterocycles. The number of halogens is 1. The number of anilines is 1. The second-order valence-electron chi connectivity index (χ2n) is 6.02. The lowest BCUT2D eigenvalue weighted by molar-refractivity contribution is 0.102. The van der Waals surface area contributed by atoms with Gasteiger partial charge in [-0.2, -0.15) is 4.98 Å². The number of benzene rings is 2. The Kier molecular flexibility index (Phi) is 5.05. The molecule has 0 aliphatic carbocycles. The van der Waals surface area contributed by atoms with Gasteiger partial charge in [0.2, 0.25) is 5.82 Å². The molecule has 0 aliphatic heterocycles. The molecule has 1 N–H and O–H groups in total. The number of aryl methyl sites for hydroxylation is 1. The quantitative estimate of drug-likeness (QED) is 0.518. The van der Waals surface area contributed by atoms with Crippen molar-refractivity contribution in [1.29, 1.82) is 0 Å². The van der Waals surface area contributed by atoms with Crippen molar-refractivity contribution >= 4 is 22.4 Å². The molecule has 29 heavy (non-hydrogen) atoms. The van der Waals surface area contributed by atoms with Crippen LogP contribution in [-0.2, 0) is 0 Å². The highest BCUT2D eigenvalue weighted by Crippen LogP contribution is 2.33. The zero-order valence-corrected chi connectivity index (χ0v) is 16.3. The average Bonchev–Trinajstić information content (AvgIpc) is 3.35. The van der Waals surface area contributed by atoms with E-state index < -0.39 is 11.7 Å². The summed E-state index contributed by atoms with van der Waals surface area (Å²) in [6, 6.07) is 13.0. The molecule has 9 heteroatoms. The molecule has 0 aliphatic rings. The number of methoxy groups -OCH3 is 1. The maximum absolute atomic E-state index is 13.8. The van der Waals surface area contributed by atoms with Crippen molar-refractivity contribution in [3.8, 4) is 27.9 Å². The summed E-state index contributed by atoms with van der Waals surface area (Å²) in [6.45, 7) is 1.77. The number of nitrogens with zero attached hydrogens (tertiary/aromatic N) is 3. The summed E-state index contributed by atoms with van der Waals surface area (Å²) in [7, 11) is 1.59. The number of hydrogen-bond acceptors (Lipinski definition) is 7. The smallest absolute Gasteiger partial charge is 0.270 e. The fourth-order valence-corrected chi connectivity index (χ4v) is 3.51. The minimum atomic E-state index is -0.598. The standard InChI is InChI=1S/C20H15FN4O3S/c1-11-16(19-23-17(25-28-19)12-7-9-13(27-2)10-8-12)29-20(22-11)24-18(26)14-5-3-4-6-15(14)21/h3-10H,1-2H3,(H,22,24,26). The molecule has 2 heterocycles. The molecule has 0 unspecified atom stereocenters. The van der Waals surface area contributed by atoms with E-state index in [1.54, 1.807) is 32.2 Å². The van der Waals surface area contributed by atoms with E-state index in [0.29, 0.717) is 21.5 Å². The summed E-state index contributed by atoms with van der Waals surface area (Å²) < 4.78 is 24.3. The molecule has 4 rings (SSSR count). The van der Waals surface area contributed by atoms with Crippen molar-refractivity contribution in [2.45, 2.75) is 6.92 Å². The highest BCUT2D eigenvalue weighted by Gasteiger charge is 2.19. The van der Waals surface area contributed by atoms with E-state index >= 15 is 0 Å². The van der Waals surface area contributed by atoms with Gasteiger partial charge < -0.3 is 9.26 Å². The molecule has 0 saturated carbocycles. The lowest BCUT2D eigenvalue weighted by Gasteiger charge is -2.02. The second-order valence-corrected chi connectivity index (χ2v) is 7.02. The summed E-state index contributed by atoms with van der Waals surface area (Å²) in [5.74, 6) is 0.267. The highest BCUT2D eigenvalue weighted by molar-refractivity contribution is 7.19. The maximum atomic E-state index is 13.8. The molecule has 2 aromatic heterocycles. The van der Waals surface area contributed by atoms with Crippen LogP contribution in [-0.4, -0.2) is 28.1 Å². The number of nitrogens with one attached hydrogen (secondary N) is 1. The van der Waals surface area contributed by atoms with Gasteiger partial charge in [0, 0.05) is 5.56 Å². The third kappa shape index (κ3) is 3.85. The van der Waals surface area contributed by atoms with Crippen LogP contribution in [0.3, 0.4) is 0 Å². The van der Waals surface area contributed by atoms with Crippen molar-refractivity contribution in [3.05, 3.63) is 65.6 Å². The Balaban J connectivity index is 1.56. The van der Waals surface area contributed by atoms with Gasteiger partial charge in [-0.25, -0.2) is 9.37 Å². The van der Waals surface area contributed by atoms with Crippen LogP contribution in [0.1, 0.15) is 16.1 Å². The van der Waals surface area contributed by atoms with Crippen molar-refractivity contribution in [2.75, 3.05) is 12.4 Å². The van der Waals surface area contributed by atoms with Crippen LogP contribution >= 0.6 is 11.3 Å². The number of rotatable bonds is 5. The predicted octanol–water partition coefficient (Wildman–Crippen LogP) is 4.57. The predicted molar refractivity (Wildman–Crippen MR) is 106 cm³/mol. The van der Waals surface area contributed by atoms with Gasteiger partial charge in [0.15, 0.2) is 5.13 Å². The van der Waals surface area contributed by atoms with E-state index in [-0.39, 0.29) is 11.5 Å². The van der Waals surface area contributed by atoms with Gasteiger partial charge in [0.05, 0.1) is 18.4 Å². The third-order valence-electron chi connectivity index (χ3n) is 4.10. The van der Waals surface area contributed by atoms with E-state index in [9.17, 15) is 9.18 Å². The third-order valence-corrected chi connectivity index (χ3v) is 5.16. The van der Waals surface area contributed by atoms with Crippen LogP contribution in [0.15, 0.2) is 53.1 Å². The Labute approximate surface area is 169 Å². The fourth-order valence-electron chi connectivity index (χ4n) is 2.63. The van der Waals surface area contributed by atoms with Gasteiger partial charge in [-0.3, -0.25) is 10.1 Å². The molecule has 0 radical (unpaired) electrons. The average molecular weight is 410 g/mol. The van der Waals surface area contributed by atoms with Crippen molar-refractivity contribution in [1.82, 2.24) is 15.1 Å². The first-order valence-electron chi connectivity index (χ1n) is 8.57. The van der Waals surface area contributed by atoms with Crippen molar-refractivity contribution < 1.29 is 18.4 Å². The largest absolute Gasteiger partial charge is 0.497 e. The Hall–Kier alpha value is -3.59. The molecule has 0 fully saturated rings. The van der Waals surface area contributed by atoms with Crippen LogP contribution in [0.25, 0.3) is 22.2 Å². The van der Waals surface area contributed by atoms with Gasteiger partial charge >= 0.3 is 0 Å². The number of carbonyl (C=O) groups excluding carboxylic acids is 1. The number of aromatic nitrogens is 3. The van der Waals surface area contributed by atoms with E-state index in [4.69, 9.17) is 9.26 Å². The van der Waals surface area contributed by atoms with Gasteiger partial charge in [0.1, 0.15) is 16.4 Å². The zero-order chi connectivity index (χ0) is 20.4. The summed E-state index contributed by atoms with van der Waals surface area (Å²) in [6.07, 6.45) is 0. The molecule has 0 spiro atoms. The number of amides is 1. The van der Waals surface area contributed by atoms with Crippen molar-refractivity contribution in [2.24, 2.45) is 0 Å². The fraction of sp³-hybridized carbons (Fsp3) is 0.100. The molecule has 7 nitrogen and oxygen atoms in total. The highest BCUT2D eigenvalue weighted by atomic mass is 32.1. The van der Waals surface area contributed by atoms with E-state index in [1.165, 1.54) is 29.5 Å². The Morgan fingerprint density at radius 3 is 2.62 bits per heavy atom. The van der Waals surface area contributed by atoms with E-state index in [2.05, 4.69) is 20.4 Å². The van der Waals surface area contributed by atoms with Gasteiger partial charge in [0.25, 0.3) is 11.8 Å². The normalized spacial score (nSPS) is 10.7. The van der Waals surface area contributed by atoms with Gasteiger partial charge in [-0.05, 0) is 43.3 Å². The summed E-state index contributed by atoms with van der Waals surface area (Å²) in [5, 5.41) is 6.92. The van der Waals surface area contributed by atoms with Crippen LogP contribution in [0.2, 0.25) is 0 Å². The Bertz CT molecular complexity index is 1170. The van der Waals surface area contributed by atoms with Crippen molar-refractivity contribution in [3.63, 3.8) is 0 Å². The first kappa shape index (κ1) is 18.8. The lowest BCUT2D eigenvalue weighted by atomic mass is 10.2. The summed E-state index contributed by atoms with van der Waals surface area (Å²) in [4.78, 5) is 21.6. The number of thiazole rings is 1. The minimum absolute atomic E-state index is 0.0542. The SMILES string of the molecule is COc1ccc(-c2noc(-c3sc(NC(=O)c4ccccc4F)nc3C)n2)cc1. The number of carbonyl (C=O) groups is 1. The molecule has 4 aromatic rings. The summed E-state index contributed by atoms with van der Waals surface area (Å²) in [5.41, 5.74) is 1.33. The first-order valence-corrected chi connectivity index (χ1v) is 9.38. The molecular formula is C20H15FN4O3S. The first-order chi connectivity index (χ1) is 14.0. The Morgan fingerprint density at radius 1 is 1.14 bits per heavy atom. The monoisotopic (exact) mass is 410 g/mol. The van der Waals surface area contributed by atoms with E-state index in [1.807, 2.05) is 12.1 Å². The van der Waals surface area contributed by atoms with Gasteiger partial charge in [-0.15, -0.1) is 0 Å². The summed E-state index contributed by atoms with van der Waals surface area (Å²) >= 11 is 1.17. The molecule has 2 aromatic carbocycles. The minimum Gasteiger partial charge on any atom is -0.497 e. The molecule has 0 bridgehead atoms. The molecule has 146 valence electrons. The van der Waals surface area contributed by atoms with Gasteiger partial charge in [-0.1, -0.05) is 28.6 Å². The maximum Gasteiger partial charge on any atom is 0.270 e.